The van der Waals surface area contributed by atoms with Gasteiger partial charge in [-0.15, -0.1) is 0 Å². The molecule has 3 rings (SSSR count). The van der Waals surface area contributed by atoms with Crippen molar-refractivity contribution in [2.75, 3.05) is 26.3 Å². The van der Waals surface area contributed by atoms with Crippen LogP contribution in [0.1, 0.15) is 24.1 Å². The third kappa shape index (κ3) is 5.05. The summed E-state index contributed by atoms with van der Waals surface area (Å²) in [5, 5.41) is 2.91. The number of benzene rings is 2. The first-order valence-electron chi connectivity index (χ1n) is 9.11. The molecule has 2 aromatic carbocycles. The lowest BCUT2D eigenvalue weighted by Gasteiger charge is -2.31. The fraction of sp³-hybridized carbons (Fsp3) is 0.273. The van der Waals surface area contributed by atoms with Crippen LogP contribution in [0.25, 0.3) is 6.08 Å². The lowest BCUT2D eigenvalue weighted by molar-refractivity contribution is -0.139. The molecular weight excluding hydrogens is 340 g/mol. The van der Waals surface area contributed by atoms with Crippen molar-refractivity contribution in [2.24, 2.45) is 0 Å². The van der Waals surface area contributed by atoms with Gasteiger partial charge in [0.1, 0.15) is 6.04 Å². The molecule has 27 heavy (non-hydrogen) atoms. The molecule has 1 N–H and O–H groups in total. The first-order chi connectivity index (χ1) is 13.1. The highest BCUT2D eigenvalue weighted by Crippen LogP contribution is 2.18. The molecule has 1 fully saturated rings. The monoisotopic (exact) mass is 364 g/mol. The number of ether oxygens (including phenoxy) is 1. The van der Waals surface area contributed by atoms with Gasteiger partial charge in [-0.3, -0.25) is 9.59 Å². The molecular formula is C22H24N2O3. The molecule has 140 valence electrons. The standard InChI is InChI=1S/C22H24N2O3/c1-17(16-18-8-4-2-5-9-18)21(25)23-20(19-10-6-3-7-11-19)22(26)24-12-14-27-15-13-24/h2-11,16,20H,12-15H2,1H3,(H,23,25)/b17-16+/t20-/m0/s1. The number of morpholine rings is 1. The first-order valence-corrected chi connectivity index (χ1v) is 9.11. The summed E-state index contributed by atoms with van der Waals surface area (Å²) in [5.41, 5.74) is 2.27. The number of rotatable bonds is 5. The van der Waals surface area contributed by atoms with Gasteiger partial charge in [-0.1, -0.05) is 60.7 Å². The van der Waals surface area contributed by atoms with Crippen molar-refractivity contribution in [2.45, 2.75) is 13.0 Å². The van der Waals surface area contributed by atoms with E-state index in [1.807, 2.05) is 66.7 Å². The fourth-order valence-electron chi connectivity index (χ4n) is 3.01. The summed E-state index contributed by atoms with van der Waals surface area (Å²) in [7, 11) is 0. The van der Waals surface area contributed by atoms with Crippen LogP contribution in [-0.4, -0.2) is 43.0 Å². The molecule has 0 aliphatic carbocycles. The molecule has 1 atom stereocenters. The van der Waals surface area contributed by atoms with Gasteiger partial charge in [0.2, 0.25) is 11.8 Å². The molecule has 1 saturated heterocycles. The highest BCUT2D eigenvalue weighted by Gasteiger charge is 2.28. The van der Waals surface area contributed by atoms with Gasteiger partial charge in [0.15, 0.2) is 0 Å². The van der Waals surface area contributed by atoms with Crippen LogP contribution in [0.3, 0.4) is 0 Å². The maximum absolute atomic E-state index is 13.1. The number of hydrogen-bond acceptors (Lipinski definition) is 3. The van der Waals surface area contributed by atoms with Crippen LogP contribution in [0.4, 0.5) is 0 Å². The van der Waals surface area contributed by atoms with Crippen molar-refractivity contribution in [3.63, 3.8) is 0 Å². The highest BCUT2D eigenvalue weighted by molar-refractivity contribution is 6.00. The smallest absolute Gasteiger partial charge is 0.249 e. The van der Waals surface area contributed by atoms with E-state index in [9.17, 15) is 9.59 Å². The van der Waals surface area contributed by atoms with E-state index in [1.54, 1.807) is 11.8 Å². The third-order valence-corrected chi connectivity index (χ3v) is 4.52. The molecule has 0 saturated carbocycles. The summed E-state index contributed by atoms with van der Waals surface area (Å²) in [6.07, 6.45) is 1.82. The summed E-state index contributed by atoms with van der Waals surface area (Å²) >= 11 is 0. The Bertz CT molecular complexity index is 797. The SMILES string of the molecule is C/C(=C\c1ccccc1)C(=O)N[C@H](C(=O)N1CCOCC1)c1ccccc1. The van der Waals surface area contributed by atoms with Crippen LogP contribution in [-0.2, 0) is 14.3 Å². The second kappa shape index (κ2) is 9.14. The van der Waals surface area contributed by atoms with Gasteiger partial charge in [-0.25, -0.2) is 0 Å². The zero-order valence-corrected chi connectivity index (χ0v) is 15.4. The van der Waals surface area contributed by atoms with E-state index in [4.69, 9.17) is 4.74 Å². The minimum atomic E-state index is -0.712. The maximum Gasteiger partial charge on any atom is 0.249 e. The predicted octanol–water partition coefficient (Wildman–Crippen LogP) is 2.81. The number of hydrogen-bond donors (Lipinski definition) is 1. The van der Waals surface area contributed by atoms with Crippen molar-refractivity contribution < 1.29 is 14.3 Å². The summed E-state index contributed by atoms with van der Waals surface area (Å²) in [6.45, 7) is 3.87. The molecule has 0 radical (unpaired) electrons. The Balaban J connectivity index is 1.79. The van der Waals surface area contributed by atoms with Gasteiger partial charge in [-0.05, 0) is 24.1 Å². The third-order valence-electron chi connectivity index (χ3n) is 4.52. The van der Waals surface area contributed by atoms with Gasteiger partial charge in [0.05, 0.1) is 13.2 Å². The fourth-order valence-corrected chi connectivity index (χ4v) is 3.01. The molecule has 0 spiro atoms. The van der Waals surface area contributed by atoms with Gasteiger partial charge in [-0.2, -0.15) is 0 Å². The molecule has 0 unspecified atom stereocenters. The molecule has 2 amide bonds. The lowest BCUT2D eigenvalue weighted by Crippen LogP contribution is -2.47. The van der Waals surface area contributed by atoms with Crippen LogP contribution in [0, 0.1) is 0 Å². The topological polar surface area (TPSA) is 58.6 Å². The average molecular weight is 364 g/mol. The van der Waals surface area contributed by atoms with Crippen molar-refractivity contribution in [3.8, 4) is 0 Å². The molecule has 2 aromatic rings. The summed E-state index contributed by atoms with van der Waals surface area (Å²) in [4.78, 5) is 27.5. The first kappa shape index (κ1) is 18.9. The second-order valence-electron chi connectivity index (χ2n) is 6.49. The van der Waals surface area contributed by atoms with E-state index in [0.29, 0.717) is 31.9 Å². The minimum absolute atomic E-state index is 0.106. The highest BCUT2D eigenvalue weighted by atomic mass is 16.5. The van der Waals surface area contributed by atoms with Crippen LogP contribution < -0.4 is 5.32 Å². The van der Waals surface area contributed by atoms with E-state index in [2.05, 4.69) is 5.32 Å². The van der Waals surface area contributed by atoms with Crippen molar-refractivity contribution >= 4 is 17.9 Å². The molecule has 5 heteroatoms. The normalized spacial score (nSPS) is 15.9. The Hall–Kier alpha value is -2.92. The quantitative estimate of drug-likeness (QED) is 0.830. The molecule has 1 heterocycles. The zero-order chi connectivity index (χ0) is 19.1. The summed E-state index contributed by atoms with van der Waals surface area (Å²) in [5.74, 6) is -0.361. The molecule has 0 aromatic heterocycles. The van der Waals surface area contributed by atoms with E-state index in [1.165, 1.54) is 0 Å². The number of nitrogens with zero attached hydrogens (tertiary/aromatic N) is 1. The number of carbonyl (C=O) groups is 2. The molecule has 1 aliphatic heterocycles. The second-order valence-corrected chi connectivity index (χ2v) is 6.49. The van der Waals surface area contributed by atoms with Crippen LogP contribution >= 0.6 is 0 Å². The Labute approximate surface area is 159 Å². The van der Waals surface area contributed by atoms with Gasteiger partial charge >= 0.3 is 0 Å². The average Bonchev–Trinajstić information content (AvgIpc) is 2.73. The molecule has 5 nitrogen and oxygen atoms in total. The van der Waals surface area contributed by atoms with Crippen LogP contribution in [0.2, 0.25) is 0 Å². The number of amides is 2. The van der Waals surface area contributed by atoms with Gasteiger partial charge < -0.3 is 15.0 Å². The van der Waals surface area contributed by atoms with Gasteiger partial charge in [0.25, 0.3) is 0 Å². The van der Waals surface area contributed by atoms with E-state index >= 15 is 0 Å². The molecule has 0 bridgehead atoms. The van der Waals surface area contributed by atoms with Crippen LogP contribution in [0.5, 0.6) is 0 Å². The van der Waals surface area contributed by atoms with Crippen molar-refractivity contribution in [1.29, 1.82) is 0 Å². The van der Waals surface area contributed by atoms with Crippen molar-refractivity contribution in [3.05, 3.63) is 77.4 Å². The summed E-state index contributed by atoms with van der Waals surface area (Å²) in [6, 6.07) is 18.3. The maximum atomic E-state index is 13.1. The number of nitrogens with one attached hydrogen (secondary N) is 1. The van der Waals surface area contributed by atoms with E-state index in [0.717, 1.165) is 11.1 Å². The Kier molecular flexibility index (Phi) is 6.39. The van der Waals surface area contributed by atoms with E-state index in [-0.39, 0.29) is 11.8 Å². The Morgan fingerprint density at radius 3 is 2.22 bits per heavy atom. The van der Waals surface area contributed by atoms with Crippen LogP contribution in [0.15, 0.2) is 66.2 Å². The Morgan fingerprint density at radius 2 is 1.59 bits per heavy atom. The summed E-state index contributed by atoms with van der Waals surface area (Å²) < 4.78 is 5.33. The molecule has 1 aliphatic rings. The predicted molar refractivity (Wildman–Crippen MR) is 105 cm³/mol. The largest absolute Gasteiger partial charge is 0.378 e. The van der Waals surface area contributed by atoms with Gasteiger partial charge in [0, 0.05) is 18.7 Å². The minimum Gasteiger partial charge on any atom is -0.378 e. The van der Waals surface area contributed by atoms with E-state index < -0.39 is 6.04 Å². The lowest BCUT2D eigenvalue weighted by atomic mass is 10.0. The van der Waals surface area contributed by atoms with Crippen molar-refractivity contribution in [1.82, 2.24) is 10.2 Å². The Morgan fingerprint density at radius 1 is 1.00 bits per heavy atom. The zero-order valence-electron chi connectivity index (χ0n) is 15.4. The number of carbonyl (C=O) groups excluding carboxylic acids is 2.